The van der Waals surface area contributed by atoms with Gasteiger partial charge in [0, 0.05) is 16.6 Å². The molecule has 0 aliphatic carbocycles. The Labute approximate surface area is 130 Å². The van der Waals surface area contributed by atoms with Crippen LogP contribution in [0.2, 0.25) is 5.02 Å². The van der Waals surface area contributed by atoms with Crippen LogP contribution in [0.3, 0.4) is 0 Å². The highest BCUT2D eigenvalue weighted by atomic mass is 35.5. The third-order valence-corrected chi connectivity index (χ3v) is 3.51. The average Bonchev–Trinajstić information content (AvgIpc) is 2.44. The fourth-order valence-corrected chi connectivity index (χ4v) is 1.95. The number of carbonyl (C=O) groups excluding carboxylic acids is 2. The average molecular weight is 313 g/mol. The zero-order valence-electron chi connectivity index (χ0n) is 12.7. The van der Waals surface area contributed by atoms with Crippen LogP contribution in [-0.2, 0) is 4.79 Å². The van der Waals surface area contributed by atoms with Crippen LogP contribution in [0.5, 0.6) is 0 Å². The van der Waals surface area contributed by atoms with Gasteiger partial charge in [-0.3, -0.25) is 10.1 Å². The molecule has 6 heteroatoms. The molecule has 0 spiro atoms. The summed E-state index contributed by atoms with van der Waals surface area (Å²) in [6.07, 6.45) is 0.819. The van der Waals surface area contributed by atoms with E-state index in [-0.39, 0.29) is 24.5 Å². The Kier molecular flexibility index (Phi) is 7.19. The van der Waals surface area contributed by atoms with Gasteiger partial charge in [-0.2, -0.15) is 0 Å². The van der Waals surface area contributed by atoms with Crippen LogP contribution in [0.4, 0.5) is 4.79 Å². The van der Waals surface area contributed by atoms with Crippen molar-refractivity contribution >= 4 is 23.5 Å². The molecule has 0 fully saturated rings. The van der Waals surface area contributed by atoms with Gasteiger partial charge < -0.3 is 10.6 Å². The molecule has 0 aliphatic heterocycles. The van der Waals surface area contributed by atoms with Crippen molar-refractivity contribution < 1.29 is 14.9 Å². The molecule has 0 unspecified atom stereocenters. The molecule has 116 valence electrons. The fourth-order valence-electron chi connectivity index (χ4n) is 1.75. The molecule has 1 aromatic carbocycles. The van der Waals surface area contributed by atoms with Crippen LogP contribution in [0, 0.1) is 0 Å². The van der Waals surface area contributed by atoms with Crippen molar-refractivity contribution in [3.05, 3.63) is 34.9 Å². The normalized spacial score (nSPS) is 13.3. The lowest BCUT2D eigenvalue weighted by atomic mass is 10.1. The Morgan fingerprint density at radius 2 is 2.05 bits per heavy atom. The first-order chi connectivity index (χ1) is 9.92. The standard InChI is InChI=1S/C15H22ClN3O2/c1-4-10(2)18-15(21)19-14(20)9-17-11(3)12-6-5-7-13(16)8-12/h5-8,10-11,17H,4,9H2,1-3H3,(H2,18,19,20,21)/p+1/t10-,11-/m1/s1. The minimum Gasteiger partial charge on any atom is -0.335 e. The van der Waals surface area contributed by atoms with Crippen LogP contribution >= 0.6 is 11.6 Å². The van der Waals surface area contributed by atoms with Crippen LogP contribution in [0.25, 0.3) is 0 Å². The Hall–Kier alpha value is -1.59. The molecular weight excluding hydrogens is 290 g/mol. The molecule has 2 atom stereocenters. The zero-order valence-corrected chi connectivity index (χ0v) is 13.4. The zero-order chi connectivity index (χ0) is 15.8. The van der Waals surface area contributed by atoms with E-state index in [1.54, 1.807) is 0 Å². The van der Waals surface area contributed by atoms with Gasteiger partial charge in [0.05, 0.1) is 0 Å². The predicted octanol–water partition coefficient (Wildman–Crippen LogP) is 1.59. The van der Waals surface area contributed by atoms with Gasteiger partial charge in [-0.05, 0) is 32.4 Å². The highest BCUT2D eigenvalue weighted by molar-refractivity contribution is 6.30. The third kappa shape index (κ3) is 6.60. The number of quaternary nitrogens is 1. The molecule has 0 saturated carbocycles. The number of amides is 3. The summed E-state index contributed by atoms with van der Waals surface area (Å²) in [6, 6.07) is 7.21. The summed E-state index contributed by atoms with van der Waals surface area (Å²) in [5.74, 6) is -0.315. The third-order valence-electron chi connectivity index (χ3n) is 3.27. The predicted molar refractivity (Wildman–Crippen MR) is 83.1 cm³/mol. The molecule has 0 aromatic heterocycles. The van der Waals surface area contributed by atoms with Gasteiger partial charge in [0.1, 0.15) is 6.04 Å². The number of hydrogen-bond acceptors (Lipinski definition) is 2. The van der Waals surface area contributed by atoms with E-state index < -0.39 is 6.03 Å². The first-order valence-corrected chi connectivity index (χ1v) is 7.49. The van der Waals surface area contributed by atoms with E-state index in [4.69, 9.17) is 11.6 Å². The van der Waals surface area contributed by atoms with Crippen LogP contribution in [0.1, 0.15) is 38.8 Å². The van der Waals surface area contributed by atoms with Gasteiger partial charge in [0.15, 0.2) is 6.54 Å². The molecule has 0 radical (unpaired) electrons. The number of nitrogens with two attached hydrogens (primary N) is 1. The molecule has 3 amide bonds. The monoisotopic (exact) mass is 312 g/mol. The van der Waals surface area contributed by atoms with Gasteiger partial charge in [0.25, 0.3) is 5.91 Å². The summed E-state index contributed by atoms with van der Waals surface area (Å²) >= 11 is 5.94. The Balaban J connectivity index is 2.37. The Morgan fingerprint density at radius 3 is 2.67 bits per heavy atom. The highest BCUT2D eigenvalue weighted by Gasteiger charge is 2.14. The summed E-state index contributed by atoms with van der Waals surface area (Å²) in [5, 5.41) is 7.53. The molecule has 0 heterocycles. The van der Waals surface area contributed by atoms with E-state index in [0.717, 1.165) is 12.0 Å². The van der Waals surface area contributed by atoms with E-state index in [9.17, 15) is 9.59 Å². The van der Waals surface area contributed by atoms with Crippen molar-refractivity contribution in [3.8, 4) is 0 Å². The van der Waals surface area contributed by atoms with Crippen LogP contribution in [0.15, 0.2) is 24.3 Å². The van der Waals surface area contributed by atoms with E-state index in [1.165, 1.54) is 0 Å². The van der Waals surface area contributed by atoms with Crippen molar-refractivity contribution in [2.24, 2.45) is 0 Å². The SMILES string of the molecule is CC[C@@H](C)NC(=O)NC(=O)C[NH2+][C@H](C)c1cccc(Cl)c1. The maximum Gasteiger partial charge on any atom is 0.321 e. The smallest absolute Gasteiger partial charge is 0.321 e. The number of urea groups is 1. The number of imide groups is 1. The Bertz CT molecular complexity index is 494. The van der Waals surface area contributed by atoms with Crippen LogP contribution in [-0.4, -0.2) is 24.5 Å². The molecule has 21 heavy (non-hydrogen) atoms. The van der Waals surface area contributed by atoms with Crippen molar-refractivity contribution in [1.82, 2.24) is 10.6 Å². The number of hydrogen-bond donors (Lipinski definition) is 3. The summed E-state index contributed by atoms with van der Waals surface area (Å²) in [6.45, 7) is 6.02. The summed E-state index contributed by atoms with van der Waals surface area (Å²) < 4.78 is 0. The van der Waals surface area contributed by atoms with E-state index in [2.05, 4.69) is 10.6 Å². The van der Waals surface area contributed by atoms with Gasteiger partial charge in [-0.25, -0.2) is 4.79 Å². The van der Waals surface area contributed by atoms with E-state index in [1.807, 2.05) is 50.4 Å². The second-order valence-electron chi connectivity index (χ2n) is 5.11. The van der Waals surface area contributed by atoms with E-state index in [0.29, 0.717) is 5.02 Å². The van der Waals surface area contributed by atoms with Gasteiger partial charge in [0.2, 0.25) is 0 Å². The lowest BCUT2D eigenvalue weighted by molar-refractivity contribution is -0.682. The van der Waals surface area contributed by atoms with Gasteiger partial charge in [-0.1, -0.05) is 30.7 Å². The maximum atomic E-state index is 11.7. The molecule has 1 rings (SSSR count). The number of carbonyl (C=O) groups is 2. The number of nitrogens with one attached hydrogen (secondary N) is 2. The number of benzene rings is 1. The topological polar surface area (TPSA) is 74.8 Å². The molecule has 0 saturated heterocycles. The second-order valence-corrected chi connectivity index (χ2v) is 5.55. The minimum absolute atomic E-state index is 0.0483. The largest absolute Gasteiger partial charge is 0.335 e. The fraction of sp³-hybridized carbons (Fsp3) is 0.467. The van der Waals surface area contributed by atoms with Crippen molar-refractivity contribution in [2.45, 2.75) is 39.3 Å². The molecule has 4 N–H and O–H groups in total. The first kappa shape index (κ1) is 17.5. The summed E-state index contributed by atoms with van der Waals surface area (Å²) in [5.41, 5.74) is 1.04. The van der Waals surface area contributed by atoms with Crippen molar-refractivity contribution in [3.63, 3.8) is 0 Å². The second kappa shape index (κ2) is 8.64. The molecule has 0 aliphatic rings. The highest BCUT2D eigenvalue weighted by Crippen LogP contribution is 2.14. The number of halogens is 1. The summed E-state index contributed by atoms with van der Waals surface area (Å²) in [7, 11) is 0. The molecule has 5 nitrogen and oxygen atoms in total. The Morgan fingerprint density at radius 1 is 1.33 bits per heavy atom. The minimum atomic E-state index is -0.446. The lowest BCUT2D eigenvalue weighted by Gasteiger charge is -2.13. The summed E-state index contributed by atoms with van der Waals surface area (Å²) in [4.78, 5) is 23.2. The van der Waals surface area contributed by atoms with Crippen molar-refractivity contribution in [2.75, 3.05) is 6.54 Å². The molecule has 1 aromatic rings. The number of rotatable bonds is 6. The van der Waals surface area contributed by atoms with Gasteiger partial charge >= 0.3 is 6.03 Å². The van der Waals surface area contributed by atoms with E-state index >= 15 is 0 Å². The lowest BCUT2D eigenvalue weighted by Crippen LogP contribution is -2.87. The van der Waals surface area contributed by atoms with Crippen LogP contribution < -0.4 is 16.0 Å². The van der Waals surface area contributed by atoms with Crippen molar-refractivity contribution in [1.29, 1.82) is 0 Å². The maximum absolute atomic E-state index is 11.7. The quantitative estimate of drug-likeness (QED) is 0.746. The molecule has 0 bridgehead atoms. The first-order valence-electron chi connectivity index (χ1n) is 7.11. The van der Waals surface area contributed by atoms with Gasteiger partial charge in [-0.15, -0.1) is 0 Å². The molecular formula is C15H23ClN3O2+.